The lowest BCUT2D eigenvalue weighted by atomic mass is 10.0. The molecule has 0 spiro atoms. The van der Waals surface area contributed by atoms with Gasteiger partial charge in [-0.1, -0.05) is 31.2 Å². The molecule has 3 heteroatoms. The predicted octanol–water partition coefficient (Wildman–Crippen LogP) is 2.61. The molecule has 3 unspecified atom stereocenters. The van der Waals surface area contributed by atoms with Crippen molar-refractivity contribution in [2.45, 2.75) is 44.9 Å². The fourth-order valence-corrected chi connectivity index (χ4v) is 2.96. The molecule has 0 radical (unpaired) electrons. The van der Waals surface area contributed by atoms with Gasteiger partial charge in [0.1, 0.15) is 0 Å². The summed E-state index contributed by atoms with van der Waals surface area (Å²) in [5.41, 5.74) is 8.41. The number of rotatable bonds is 6. The summed E-state index contributed by atoms with van der Waals surface area (Å²) < 4.78 is 5.13. The minimum absolute atomic E-state index is 0.270. The summed E-state index contributed by atoms with van der Waals surface area (Å²) in [6.07, 6.45) is 3.89. The molecule has 3 N–H and O–H groups in total. The first kappa shape index (κ1) is 14.5. The van der Waals surface area contributed by atoms with Crippen LogP contribution >= 0.6 is 0 Å². The molecule has 1 aliphatic carbocycles. The third kappa shape index (κ3) is 4.03. The Hall–Kier alpha value is -0.900. The Labute approximate surface area is 116 Å². The van der Waals surface area contributed by atoms with Gasteiger partial charge in [0, 0.05) is 25.7 Å². The van der Waals surface area contributed by atoms with E-state index in [0.717, 1.165) is 5.92 Å². The summed E-state index contributed by atoms with van der Waals surface area (Å²) in [5.74, 6) is 0.847. The topological polar surface area (TPSA) is 47.3 Å². The van der Waals surface area contributed by atoms with Crippen molar-refractivity contribution in [1.82, 2.24) is 5.32 Å². The molecule has 1 fully saturated rings. The van der Waals surface area contributed by atoms with Gasteiger partial charge in [-0.05, 0) is 36.3 Å². The lowest BCUT2D eigenvalue weighted by Crippen LogP contribution is -2.35. The van der Waals surface area contributed by atoms with Crippen LogP contribution in [0.1, 0.15) is 43.4 Å². The maximum Gasteiger partial charge on any atom is 0.0713 e. The molecule has 0 amide bonds. The van der Waals surface area contributed by atoms with Gasteiger partial charge >= 0.3 is 0 Å². The van der Waals surface area contributed by atoms with Crippen LogP contribution in [0.15, 0.2) is 24.3 Å². The molecule has 0 bridgehead atoms. The number of benzene rings is 1. The van der Waals surface area contributed by atoms with Crippen molar-refractivity contribution in [2.75, 3.05) is 13.7 Å². The number of methoxy groups -OCH3 is 1. The van der Waals surface area contributed by atoms with Crippen molar-refractivity contribution in [2.24, 2.45) is 11.7 Å². The van der Waals surface area contributed by atoms with Crippen molar-refractivity contribution < 1.29 is 4.74 Å². The van der Waals surface area contributed by atoms with Gasteiger partial charge in [-0.2, -0.15) is 0 Å². The summed E-state index contributed by atoms with van der Waals surface area (Å²) in [7, 11) is 1.72. The summed E-state index contributed by atoms with van der Waals surface area (Å²) in [6.45, 7) is 3.65. The van der Waals surface area contributed by atoms with E-state index in [-0.39, 0.29) is 6.04 Å². The standard InChI is InChI=1S/C16H26N2O/c1-12-3-8-15(9-12)18-16(10-17)14-6-4-13(5-7-14)11-19-2/h4-7,12,15-16,18H,3,8-11,17H2,1-2H3. The quantitative estimate of drug-likeness (QED) is 0.828. The highest BCUT2D eigenvalue weighted by Gasteiger charge is 2.23. The van der Waals surface area contributed by atoms with Crippen LogP contribution in [0.5, 0.6) is 0 Å². The zero-order chi connectivity index (χ0) is 13.7. The maximum absolute atomic E-state index is 5.93. The molecule has 1 aliphatic rings. The van der Waals surface area contributed by atoms with E-state index >= 15 is 0 Å². The molecule has 3 nitrogen and oxygen atoms in total. The summed E-state index contributed by atoms with van der Waals surface area (Å²) in [4.78, 5) is 0. The van der Waals surface area contributed by atoms with Crippen LogP contribution in [-0.2, 0) is 11.3 Å². The molecule has 2 rings (SSSR count). The molecule has 0 saturated heterocycles. The normalized spacial score (nSPS) is 24.6. The van der Waals surface area contributed by atoms with E-state index in [4.69, 9.17) is 10.5 Å². The zero-order valence-electron chi connectivity index (χ0n) is 12.1. The Kier molecular flexibility index (Phi) is 5.37. The van der Waals surface area contributed by atoms with E-state index in [1.165, 1.54) is 30.4 Å². The summed E-state index contributed by atoms with van der Waals surface area (Å²) >= 11 is 0. The van der Waals surface area contributed by atoms with E-state index in [1.807, 2.05) is 0 Å². The Morgan fingerprint density at radius 1 is 1.32 bits per heavy atom. The highest BCUT2D eigenvalue weighted by Crippen LogP contribution is 2.26. The third-order valence-corrected chi connectivity index (χ3v) is 4.06. The van der Waals surface area contributed by atoms with Gasteiger partial charge in [0.25, 0.3) is 0 Å². The zero-order valence-corrected chi connectivity index (χ0v) is 12.1. The Balaban J connectivity index is 1.96. The molecular formula is C16H26N2O. The van der Waals surface area contributed by atoms with Crippen LogP contribution in [0, 0.1) is 5.92 Å². The largest absolute Gasteiger partial charge is 0.380 e. The third-order valence-electron chi connectivity index (χ3n) is 4.06. The van der Waals surface area contributed by atoms with Gasteiger partial charge in [-0.3, -0.25) is 0 Å². The lowest BCUT2D eigenvalue weighted by molar-refractivity contribution is 0.185. The highest BCUT2D eigenvalue weighted by atomic mass is 16.5. The van der Waals surface area contributed by atoms with E-state index in [2.05, 4.69) is 36.5 Å². The molecule has 1 aromatic carbocycles. The lowest BCUT2D eigenvalue weighted by Gasteiger charge is -2.22. The average Bonchev–Trinajstić information content (AvgIpc) is 2.83. The van der Waals surface area contributed by atoms with Crippen LogP contribution in [-0.4, -0.2) is 19.7 Å². The summed E-state index contributed by atoms with van der Waals surface area (Å²) in [5, 5.41) is 3.71. The van der Waals surface area contributed by atoms with Crippen molar-refractivity contribution in [3.05, 3.63) is 35.4 Å². The molecule has 19 heavy (non-hydrogen) atoms. The van der Waals surface area contributed by atoms with Crippen molar-refractivity contribution >= 4 is 0 Å². The fourth-order valence-electron chi connectivity index (χ4n) is 2.96. The highest BCUT2D eigenvalue weighted by molar-refractivity contribution is 5.25. The molecule has 1 aromatic rings. The molecule has 0 heterocycles. The maximum atomic E-state index is 5.93. The second kappa shape index (κ2) is 7.04. The van der Waals surface area contributed by atoms with E-state index in [9.17, 15) is 0 Å². The average molecular weight is 262 g/mol. The monoisotopic (exact) mass is 262 g/mol. The Bertz CT molecular complexity index is 377. The van der Waals surface area contributed by atoms with Crippen LogP contribution in [0.3, 0.4) is 0 Å². The minimum Gasteiger partial charge on any atom is -0.380 e. The van der Waals surface area contributed by atoms with Crippen molar-refractivity contribution in [1.29, 1.82) is 0 Å². The second-order valence-corrected chi connectivity index (χ2v) is 5.74. The second-order valence-electron chi connectivity index (χ2n) is 5.74. The molecule has 1 saturated carbocycles. The van der Waals surface area contributed by atoms with Gasteiger partial charge in [0.2, 0.25) is 0 Å². The van der Waals surface area contributed by atoms with Gasteiger partial charge in [0.15, 0.2) is 0 Å². The fraction of sp³-hybridized carbons (Fsp3) is 0.625. The molecule has 3 atom stereocenters. The first-order valence-electron chi connectivity index (χ1n) is 7.26. The van der Waals surface area contributed by atoms with Crippen molar-refractivity contribution in [3.8, 4) is 0 Å². The molecule has 106 valence electrons. The number of ether oxygens (including phenoxy) is 1. The summed E-state index contributed by atoms with van der Waals surface area (Å²) in [6, 6.07) is 9.48. The molecule has 0 aliphatic heterocycles. The van der Waals surface area contributed by atoms with Crippen LogP contribution in [0.25, 0.3) is 0 Å². The van der Waals surface area contributed by atoms with E-state index < -0.39 is 0 Å². The number of nitrogens with one attached hydrogen (secondary N) is 1. The Morgan fingerprint density at radius 3 is 2.58 bits per heavy atom. The van der Waals surface area contributed by atoms with Gasteiger partial charge in [-0.15, -0.1) is 0 Å². The van der Waals surface area contributed by atoms with Crippen LogP contribution in [0.4, 0.5) is 0 Å². The number of hydrogen-bond acceptors (Lipinski definition) is 3. The first-order valence-corrected chi connectivity index (χ1v) is 7.26. The van der Waals surface area contributed by atoms with Crippen molar-refractivity contribution in [3.63, 3.8) is 0 Å². The van der Waals surface area contributed by atoms with Crippen LogP contribution < -0.4 is 11.1 Å². The van der Waals surface area contributed by atoms with Gasteiger partial charge < -0.3 is 15.8 Å². The van der Waals surface area contributed by atoms with Crippen LogP contribution in [0.2, 0.25) is 0 Å². The van der Waals surface area contributed by atoms with E-state index in [0.29, 0.717) is 19.2 Å². The van der Waals surface area contributed by atoms with Gasteiger partial charge in [0.05, 0.1) is 6.61 Å². The predicted molar refractivity (Wildman–Crippen MR) is 78.9 cm³/mol. The Morgan fingerprint density at radius 2 is 2.05 bits per heavy atom. The minimum atomic E-state index is 0.270. The SMILES string of the molecule is COCc1ccc(C(CN)NC2CCC(C)C2)cc1. The smallest absolute Gasteiger partial charge is 0.0713 e. The number of hydrogen-bond donors (Lipinski definition) is 2. The van der Waals surface area contributed by atoms with Gasteiger partial charge in [-0.25, -0.2) is 0 Å². The number of nitrogens with two attached hydrogens (primary N) is 1. The molecular weight excluding hydrogens is 236 g/mol. The van der Waals surface area contributed by atoms with E-state index in [1.54, 1.807) is 7.11 Å². The molecule has 0 aromatic heterocycles. The first-order chi connectivity index (χ1) is 9.22.